The zero-order valence-corrected chi connectivity index (χ0v) is 12.0. The molecule has 1 atom stereocenters. The molecule has 6 heteroatoms. The summed E-state index contributed by atoms with van der Waals surface area (Å²) in [5, 5.41) is 11.8. The summed E-state index contributed by atoms with van der Waals surface area (Å²) >= 11 is 0. The predicted molar refractivity (Wildman–Crippen MR) is 78.6 cm³/mol. The summed E-state index contributed by atoms with van der Waals surface area (Å²) in [4.78, 5) is 24.5. The average molecular weight is 292 g/mol. The molecule has 1 fully saturated rings. The summed E-state index contributed by atoms with van der Waals surface area (Å²) in [5.41, 5.74) is 0.625. The van der Waals surface area contributed by atoms with Crippen molar-refractivity contribution in [2.45, 2.75) is 32.2 Å². The Bertz CT molecular complexity index is 501. The van der Waals surface area contributed by atoms with E-state index in [9.17, 15) is 9.59 Å². The van der Waals surface area contributed by atoms with Gasteiger partial charge in [-0.3, -0.25) is 0 Å². The van der Waals surface area contributed by atoms with Crippen LogP contribution in [0.1, 0.15) is 26.2 Å². The van der Waals surface area contributed by atoms with E-state index in [1.165, 1.54) is 4.90 Å². The number of amides is 2. The quantitative estimate of drug-likeness (QED) is 0.874. The number of likely N-dealkylation sites (tertiary alicyclic amines) is 1. The molecular weight excluding hydrogens is 272 g/mol. The largest absolute Gasteiger partial charge is 0.494 e. The molecule has 1 saturated heterocycles. The molecule has 1 aromatic rings. The fraction of sp³-hybridized carbons (Fsp3) is 0.467. The van der Waals surface area contributed by atoms with Crippen LogP contribution in [0.4, 0.5) is 10.5 Å². The van der Waals surface area contributed by atoms with Crippen molar-refractivity contribution in [2.24, 2.45) is 0 Å². The lowest BCUT2D eigenvalue weighted by Crippen LogP contribution is -2.42. The van der Waals surface area contributed by atoms with Crippen LogP contribution in [0.3, 0.4) is 0 Å². The first-order chi connectivity index (χ1) is 10.1. The van der Waals surface area contributed by atoms with Crippen LogP contribution in [0.2, 0.25) is 0 Å². The zero-order valence-electron chi connectivity index (χ0n) is 12.0. The SMILES string of the molecule is CCCOc1ccc(NC(=O)N2CCC[C@H]2C(=O)O)cc1. The maximum Gasteiger partial charge on any atom is 0.326 e. The minimum atomic E-state index is -0.953. The molecule has 0 aliphatic carbocycles. The number of hydrogen-bond acceptors (Lipinski definition) is 3. The second kappa shape index (κ2) is 6.97. The third kappa shape index (κ3) is 3.87. The van der Waals surface area contributed by atoms with Gasteiger partial charge in [-0.2, -0.15) is 0 Å². The van der Waals surface area contributed by atoms with E-state index in [2.05, 4.69) is 5.32 Å². The second-order valence-electron chi connectivity index (χ2n) is 4.99. The van der Waals surface area contributed by atoms with Crippen LogP contribution >= 0.6 is 0 Å². The van der Waals surface area contributed by atoms with Gasteiger partial charge in [0.25, 0.3) is 0 Å². The van der Waals surface area contributed by atoms with Crippen molar-refractivity contribution in [2.75, 3.05) is 18.5 Å². The predicted octanol–water partition coefficient (Wildman–Crippen LogP) is 2.56. The first-order valence-electron chi connectivity index (χ1n) is 7.15. The number of aliphatic carboxylic acids is 1. The smallest absolute Gasteiger partial charge is 0.326 e. The van der Waals surface area contributed by atoms with Gasteiger partial charge >= 0.3 is 12.0 Å². The van der Waals surface area contributed by atoms with Crippen LogP contribution in [0.25, 0.3) is 0 Å². The lowest BCUT2D eigenvalue weighted by atomic mass is 10.2. The van der Waals surface area contributed by atoms with E-state index in [1.54, 1.807) is 24.3 Å². The average Bonchev–Trinajstić information content (AvgIpc) is 2.96. The molecule has 1 aliphatic rings. The maximum absolute atomic E-state index is 12.1. The van der Waals surface area contributed by atoms with Gasteiger partial charge in [-0.05, 0) is 43.5 Å². The van der Waals surface area contributed by atoms with Crippen LogP contribution in [-0.2, 0) is 4.79 Å². The van der Waals surface area contributed by atoms with E-state index < -0.39 is 12.0 Å². The third-order valence-electron chi connectivity index (χ3n) is 3.38. The molecule has 1 aliphatic heterocycles. The lowest BCUT2D eigenvalue weighted by Gasteiger charge is -2.21. The molecule has 0 bridgehead atoms. The van der Waals surface area contributed by atoms with Crippen LogP contribution in [0.5, 0.6) is 5.75 Å². The second-order valence-corrected chi connectivity index (χ2v) is 4.99. The highest BCUT2D eigenvalue weighted by Gasteiger charge is 2.33. The summed E-state index contributed by atoms with van der Waals surface area (Å²) < 4.78 is 5.46. The summed E-state index contributed by atoms with van der Waals surface area (Å²) in [6.07, 6.45) is 2.16. The standard InChI is InChI=1S/C15H20N2O4/c1-2-10-21-12-7-5-11(6-8-12)16-15(20)17-9-3-4-13(17)14(18)19/h5-8,13H,2-4,9-10H2,1H3,(H,16,20)(H,18,19)/t13-/m0/s1. The number of carbonyl (C=O) groups is 2. The Hall–Kier alpha value is -2.24. The first-order valence-corrected chi connectivity index (χ1v) is 7.15. The fourth-order valence-corrected chi connectivity index (χ4v) is 2.32. The van der Waals surface area contributed by atoms with Crippen molar-refractivity contribution in [3.8, 4) is 5.75 Å². The van der Waals surface area contributed by atoms with E-state index in [-0.39, 0.29) is 6.03 Å². The van der Waals surface area contributed by atoms with Crippen LogP contribution < -0.4 is 10.1 Å². The summed E-state index contributed by atoms with van der Waals surface area (Å²) in [7, 11) is 0. The molecule has 0 radical (unpaired) electrons. The van der Waals surface area contributed by atoms with E-state index in [4.69, 9.17) is 9.84 Å². The molecule has 2 amide bonds. The summed E-state index contributed by atoms with van der Waals surface area (Å²) in [6, 6.07) is 5.96. The number of urea groups is 1. The van der Waals surface area contributed by atoms with E-state index >= 15 is 0 Å². The number of carbonyl (C=O) groups excluding carboxylic acids is 1. The molecule has 0 aromatic heterocycles. The molecule has 21 heavy (non-hydrogen) atoms. The molecule has 1 aromatic carbocycles. The Morgan fingerprint density at radius 1 is 1.38 bits per heavy atom. The molecule has 0 spiro atoms. The normalized spacial score (nSPS) is 17.6. The number of hydrogen-bond donors (Lipinski definition) is 2. The summed E-state index contributed by atoms with van der Waals surface area (Å²) in [6.45, 7) is 3.16. The van der Waals surface area contributed by atoms with Gasteiger partial charge in [0.1, 0.15) is 11.8 Å². The Labute approximate surface area is 123 Å². The third-order valence-corrected chi connectivity index (χ3v) is 3.38. The van der Waals surface area contributed by atoms with E-state index in [0.717, 1.165) is 12.2 Å². The highest BCUT2D eigenvalue weighted by atomic mass is 16.5. The van der Waals surface area contributed by atoms with Crippen molar-refractivity contribution >= 4 is 17.7 Å². The highest BCUT2D eigenvalue weighted by Crippen LogP contribution is 2.20. The van der Waals surface area contributed by atoms with Crippen molar-refractivity contribution < 1.29 is 19.4 Å². The number of nitrogens with zero attached hydrogens (tertiary/aromatic N) is 1. The molecule has 2 rings (SSSR count). The minimum absolute atomic E-state index is 0.373. The van der Waals surface area contributed by atoms with Crippen molar-refractivity contribution in [1.82, 2.24) is 4.90 Å². The number of carboxylic acid groups (broad SMARTS) is 1. The molecule has 1 heterocycles. The number of anilines is 1. The highest BCUT2D eigenvalue weighted by molar-refractivity contribution is 5.92. The number of rotatable bonds is 5. The molecular formula is C15H20N2O4. The monoisotopic (exact) mass is 292 g/mol. The molecule has 0 saturated carbocycles. The van der Waals surface area contributed by atoms with Gasteiger partial charge in [-0.25, -0.2) is 9.59 Å². The lowest BCUT2D eigenvalue weighted by molar-refractivity contribution is -0.141. The van der Waals surface area contributed by atoms with E-state index in [1.807, 2.05) is 6.92 Å². The summed E-state index contributed by atoms with van der Waals surface area (Å²) in [5.74, 6) is -0.203. The van der Waals surface area contributed by atoms with Crippen molar-refractivity contribution in [3.05, 3.63) is 24.3 Å². The van der Waals surface area contributed by atoms with E-state index in [0.29, 0.717) is 31.7 Å². The van der Waals surface area contributed by atoms with Gasteiger partial charge < -0.3 is 20.1 Å². The Morgan fingerprint density at radius 2 is 2.10 bits per heavy atom. The van der Waals surface area contributed by atoms with Gasteiger partial charge in [0.05, 0.1) is 6.61 Å². The zero-order chi connectivity index (χ0) is 15.2. The topological polar surface area (TPSA) is 78.9 Å². The molecule has 6 nitrogen and oxygen atoms in total. The van der Waals surface area contributed by atoms with Gasteiger partial charge in [0.15, 0.2) is 0 Å². The van der Waals surface area contributed by atoms with Crippen LogP contribution in [0, 0.1) is 0 Å². The number of ether oxygens (including phenoxy) is 1. The van der Waals surface area contributed by atoms with Crippen molar-refractivity contribution in [3.63, 3.8) is 0 Å². The number of benzene rings is 1. The molecule has 2 N–H and O–H groups in total. The maximum atomic E-state index is 12.1. The molecule has 0 unspecified atom stereocenters. The van der Waals surface area contributed by atoms with Gasteiger partial charge in [-0.15, -0.1) is 0 Å². The van der Waals surface area contributed by atoms with Crippen LogP contribution in [-0.4, -0.2) is 41.2 Å². The first kappa shape index (κ1) is 15.2. The minimum Gasteiger partial charge on any atom is -0.494 e. The fourth-order valence-electron chi connectivity index (χ4n) is 2.32. The van der Waals surface area contributed by atoms with Crippen molar-refractivity contribution in [1.29, 1.82) is 0 Å². The van der Waals surface area contributed by atoms with Gasteiger partial charge in [0.2, 0.25) is 0 Å². The van der Waals surface area contributed by atoms with Gasteiger partial charge in [-0.1, -0.05) is 6.92 Å². The van der Waals surface area contributed by atoms with Crippen LogP contribution in [0.15, 0.2) is 24.3 Å². The van der Waals surface area contributed by atoms with Gasteiger partial charge in [0, 0.05) is 12.2 Å². The number of carboxylic acids is 1. The Morgan fingerprint density at radius 3 is 2.71 bits per heavy atom. The number of nitrogens with one attached hydrogen (secondary N) is 1. The Balaban J connectivity index is 1.94. The Kier molecular flexibility index (Phi) is 5.03. The molecule has 114 valence electrons.